The number of amides is 1. The largest absolute Gasteiger partial charge is 0.316 e. The molecule has 23 heavy (non-hydrogen) atoms. The van der Waals surface area contributed by atoms with Crippen LogP contribution in [0.15, 0.2) is 54.1 Å². The highest BCUT2D eigenvalue weighted by Crippen LogP contribution is 2.24. The second kappa shape index (κ2) is 6.95. The van der Waals surface area contributed by atoms with E-state index in [2.05, 4.69) is 5.32 Å². The van der Waals surface area contributed by atoms with Crippen molar-refractivity contribution in [3.05, 3.63) is 75.6 Å². The molecular formula is C16H10FN3O3. The first-order valence-corrected chi connectivity index (χ1v) is 6.44. The fourth-order valence-corrected chi connectivity index (χ4v) is 1.82. The Morgan fingerprint density at radius 1 is 1.22 bits per heavy atom. The van der Waals surface area contributed by atoms with Crippen molar-refractivity contribution in [2.45, 2.75) is 0 Å². The molecule has 1 N–H and O–H groups in total. The number of hydrogen-bond acceptors (Lipinski definition) is 4. The number of hydrogen-bond donors (Lipinski definition) is 1. The molecule has 0 atom stereocenters. The maximum atomic E-state index is 13.6. The Kier molecular flexibility index (Phi) is 4.79. The zero-order valence-electron chi connectivity index (χ0n) is 11.7. The second-order valence-electron chi connectivity index (χ2n) is 4.42. The molecule has 114 valence electrons. The fourth-order valence-electron chi connectivity index (χ4n) is 1.82. The average Bonchev–Trinajstić information content (AvgIpc) is 2.54. The third-order valence-electron chi connectivity index (χ3n) is 2.92. The van der Waals surface area contributed by atoms with Gasteiger partial charge in [-0.1, -0.05) is 30.3 Å². The van der Waals surface area contributed by atoms with Gasteiger partial charge in [0.2, 0.25) is 0 Å². The summed E-state index contributed by atoms with van der Waals surface area (Å²) in [6.07, 6.45) is 1.08. The van der Waals surface area contributed by atoms with Gasteiger partial charge in [0.15, 0.2) is 0 Å². The van der Waals surface area contributed by atoms with Gasteiger partial charge in [0, 0.05) is 11.6 Å². The Hall–Kier alpha value is -3.53. The Morgan fingerprint density at radius 2 is 1.87 bits per heavy atom. The molecule has 0 bridgehead atoms. The van der Waals surface area contributed by atoms with Crippen LogP contribution in [0.4, 0.5) is 15.8 Å². The maximum absolute atomic E-state index is 13.6. The van der Waals surface area contributed by atoms with E-state index in [0.717, 1.165) is 6.08 Å². The highest BCUT2D eigenvalue weighted by atomic mass is 19.1. The maximum Gasteiger partial charge on any atom is 0.292 e. The normalized spacial score (nSPS) is 10.7. The van der Waals surface area contributed by atoms with E-state index in [-0.39, 0.29) is 22.5 Å². The Balaban J connectivity index is 2.31. The van der Waals surface area contributed by atoms with Gasteiger partial charge >= 0.3 is 0 Å². The fraction of sp³-hybridized carbons (Fsp3) is 0. The summed E-state index contributed by atoms with van der Waals surface area (Å²) < 4.78 is 13.6. The van der Waals surface area contributed by atoms with E-state index in [1.165, 1.54) is 42.5 Å². The summed E-state index contributed by atoms with van der Waals surface area (Å²) in [5.41, 5.74) is -0.642. The van der Waals surface area contributed by atoms with Crippen molar-refractivity contribution in [2.24, 2.45) is 0 Å². The summed E-state index contributed by atoms with van der Waals surface area (Å²) in [7, 11) is 0. The quantitative estimate of drug-likeness (QED) is 0.405. The van der Waals surface area contributed by atoms with Crippen molar-refractivity contribution >= 4 is 23.4 Å². The second-order valence-corrected chi connectivity index (χ2v) is 4.42. The molecule has 0 fully saturated rings. The van der Waals surface area contributed by atoms with Crippen molar-refractivity contribution in [1.29, 1.82) is 5.26 Å². The zero-order chi connectivity index (χ0) is 16.8. The number of halogens is 1. The Morgan fingerprint density at radius 3 is 2.52 bits per heavy atom. The minimum atomic E-state index is -0.856. The molecule has 0 heterocycles. The minimum absolute atomic E-state index is 0.0443. The van der Waals surface area contributed by atoms with Gasteiger partial charge in [0.05, 0.1) is 4.92 Å². The van der Waals surface area contributed by atoms with Gasteiger partial charge in [0.1, 0.15) is 23.1 Å². The number of carbonyl (C=O) groups is 1. The highest BCUT2D eigenvalue weighted by Gasteiger charge is 2.17. The first-order valence-electron chi connectivity index (χ1n) is 6.44. The summed E-state index contributed by atoms with van der Waals surface area (Å²) in [6, 6.07) is 12.8. The summed E-state index contributed by atoms with van der Waals surface area (Å²) in [6.45, 7) is 0. The SMILES string of the molecule is N#CC(=Cc1ccccc1F)C(=O)Nc1ccccc1[N+](=O)[O-]. The van der Waals surface area contributed by atoms with Crippen LogP contribution in [-0.2, 0) is 4.79 Å². The monoisotopic (exact) mass is 311 g/mol. The van der Waals surface area contributed by atoms with Crippen molar-refractivity contribution in [3.8, 4) is 6.07 Å². The summed E-state index contributed by atoms with van der Waals surface area (Å²) in [5.74, 6) is -1.44. The van der Waals surface area contributed by atoms with E-state index in [9.17, 15) is 19.3 Å². The topological polar surface area (TPSA) is 96.0 Å². The first-order chi connectivity index (χ1) is 11.0. The number of carbonyl (C=O) groups excluding carboxylic acids is 1. The summed E-state index contributed by atoms with van der Waals surface area (Å²) >= 11 is 0. The number of nitrogens with one attached hydrogen (secondary N) is 1. The molecule has 2 rings (SSSR count). The van der Waals surface area contributed by atoms with E-state index >= 15 is 0 Å². The average molecular weight is 311 g/mol. The molecule has 0 spiro atoms. The third-order valence-corrected chi connectivity index (χ3v) is 2.92. The van der Waals surface area contributed by atoms with Crippen molar-refractivity contribution in [2.75, 3.05) is 5.32 Å². The molecule has 6 nitrogen and oxygen atoms in total. The lowest BCUT2D eigenvalue weighted by molar-refractivity contribution is -0.383. The number of nitrogens with zero attached hydrogens (tertiary/aromatic N) is 2. The third kappa shape index (κ3) is 3.77. The summed E-state index contributed by atoms with van der Waals surface area (Å²) in [4.78, 5) is 22.3. The van der Waals surface area contributed by atoms with Gasteiger partial charge in [-0.15, -0.1) is 0 Å². The van der Waals surface area contributed by atoms with E-state index in [1.54, 1.807) is 12.1 Å². The molecule has 7 heteroatoms. The number of nitro benzene ring substituents is 1. The molecule has 0 radical (unpaired) electrons. The molecule has 0 aliphatic carbocycles. The Labute approximate surface area is 130 Å². The highest BCUT2D eigenvalue weighted by molar-refractivity contribution is 6.10. The summed E-state index contributed by atoms with van der Waals surface area (Å²) in [5, 5.41) is 22.3. The molecule has 2 aromatic carbocycles. The van der Waals surface area contributed by atoms with Crippen LogP contribution in [0.5, 0.6) is 0 Å². The van der Waals surface area contributed by atoms with Crippen molar-refractivity contribution < 1.29 is 14.1 Å². The van der Waals surface area contributed by atoms with Crippen LogP contribution in [0.3, 0.4) is 0 Å². The predicted molar refractivity (Wildman–Crippen MR) is 81.7 cm³/mol. The van der Waals surface area contributed by atoms with Gasteiger partial charge in [-0.2, -0.15) is 5.26 Å². The van der Waals surface area contributed by atoms with Crippen LogP contribution < -0.4 is 5.32 Å². The van der Waals surface area contributed by atoms with Gasteiger partial charge in [-0.05, 0) is 18.2 Å². The van der Waals surface area contributed by atoms with Crippen LogP contribution in [0.2, 0.25) is 0 Å². The van der Waals surface area contributed by atoms with Crippen LogP contribution >= 0.6 is 0 Å². The standard InChI is InChI=1S/C16H10FN3O3/c17-13-6-2-1-5-11(13)9-12(10-18)16(21)19-14-7-3-4-8-15(14)20(22)23/h1-9H,(H,19,21). The number of para-hydroxylation sites is 2. The lowest BCUT2D eigenvalue weighted by Crippen LogP contribution is -2.14. The number of rotatable bonds is 4. The molecule has 0 aromatic heterocycles. The predicted octanol–water partition coefficient (Wildman–Crippen LogP) is 3.28. The van der Waals surface area contributed by atoms with Gasteiger partial charge in [0.25, 0.3) is 11.6 Å². The van der Waals surface area contributed by atoms with Gasteiger partial charge in [-0.3, -0.25) is 14.9 Å². The van der Waals surface area contributed by atoms with Crippen LogP contribution in [0.1, 0.15) is 5.56 Å². The molecule has 0 aliphatic heterocycles. The minimum Gasteiger partial charge on any atom is -0.316 e. The molecule has 1 amide bonds. The van der Waals surface area contributed by atoms with Crippen LogP contribution in [0, 0.1) is 27.3 Å². The van der Waals surface area contributed by atoms with E-state index in [4.69, 9.17) is 5.26 Å². The number of nitro groups is 1. The lowest BCUT2D eigenvalue weighted by Gasteiger charge is -2.05. The van der Waals surface area contributed by atoms with Crippen molar-refractivity contribution in [3.63, 3.8) is 0 Å². The first kappa shape index (κ1) is 15.9. The molecule has 0 saturated carbocycles. The molecular weight excluding hydrogens is 301 g/mol. The molecule has 0 unspecified atom stereocenters. The van der Waals surface area contributed by atoms with Crippen molar-refractivity contribution in [1.82, 2.24) is 0 Å². The lowest BCUT2D eigenvalue weighted by atomic mass is 10.1. The van der Waals surface area contributed by atoms with E-state index < -0.39 is 16.6 Å². The van der Waals surface area contributed by atoms with E-state index in [1.807, 2.05) is 0 Å². The number of benzene rings is 2. The number of anilines is 1. The zero-order valence-corrected chi connectivity index (χ0v) is 11.7. The molecule has 0 saturated heterocycles. The van der Waals surface area contributed by atoms with Gasteiger partial charge in [-0.25, -0.2) is 4.39 Å². The van der Waals surface area contributed by atoms with E-state index in [0.29, 0.717) is 0 Å². The number of nitriles is 1. The molecule has 2 aromatic rings. The van der Waals surface area contributed by atoms with Crippen LogP contribution in [-0.4, -0.2) is 10.8 Å². The Bertz CT molecular complexity index is 840. The van der Waals surface area contributed by atoms with Gasteiger partial charge < -0.3 is 5.32 Å². The smallest absolute Gasteiger partial charge is 0.292 e. The van der Waals surface area contributed by atoms with Crippen LogP contribution in [0.25, 0.3) is 6.08 Å². The molecule has 0 aliphatic rings.